The van der Waals surface area contributed by atoms with Crippen LogP contribution in [0, 0.1) is 5.82 Å². The van der Waals surface area contributed by atoms with Crippen LogP contribution in [0.25, 0.3) is 0 Å². The lowest BCUT2D eigenvalue weighted by Crippen LogP contribution is -2.37. The maximum atomic E-state index is 13.3. The molecule has 1 saturated heterocycles. The Bertz CT molecular complexity index is 330. The Morgan fingerprint density at radius 2 is 2.14 bits per heavy atom. The number of hydrogen-bond donors (Lipinski definition) is 0. The second kappa shape index (κ2) is 4.06. The van der Waals surface area contributed by atoms with Gasteiger partial charge in [-0.1, -0.05) is 0 Å². The molecule has 0 aliphatic carbocycles. The van der Waals surface area contributed by atoms with Crippen molar-refractivity contribution < 1.29 is 9.13 Å². The summed E-state index contributed by atoms with van der Waals surface area (Å²) in [7, 11) is 0. The Morgan fingerprint density at radius 1 is 1.43 bits per heavy atom. The summed E-state index contributed by atoms with van der Waals surface area (Å²) < 4.78 is 18.4. The van der Waals surface area contributed by atoms with E-state index in [9.17, 15) is 4.39 Å². The molecule has 0 atom stereocenters. The fraction of sp³-hybridized carbons (Fsp3) is 0.500. The number of anilines is 1. The van der Waals surface area contributed by atoms with Gasteiger partial charge in [-0.25, -0.2) is 9.37 Å². The average molecular weight is 218 g/mol. The van der Waals surface area contributed by atoms with E-state index in [4.69, 9.17) is 16.3 Å². The van der Waals surface area contributed by atoms with E-state index in [2.05, 4.69) is 9.97 Å². The Labute approximate surface area is 85.7 Å². The standard InChI is InChI=1S/C8H9ClFN3O/c9-8-11-5-6(10)7(12-8)13-1-3-14-4-2-13/h5H,1-4H2. The largest absolute Gasteiger partial charge is 0.378 e. The summed E-state index contributed by atoms with van der Waals surface area (Å²) >= 11 is 5.59. The van der Waals surface area contributed by atoms with Gasteiger partial charge < -0.3 is 9.64 Å². The molecule has 6 heteroatoms. The maximum absolute atomic E-state index is 13.3. The zero-order chi connectivity index (χ0) is 9.97. The molecular formula is C8H9ClFN3O. The van der Waals surface area contributed by atoms with Crippen molar-refractivity contribution in [3.05, 3.63) is 17.3 Å². The van der Waals surface area contributed by atoms with Gasteiger partial charge in [-0.2, -0.15) is 4.98 Å². The molecule has 1 aliphatic rings. The highest BCUT2D eigenvalue weighted by atomic mass is 35.5. The first-order valence-corrected chi connectivity index (χ1v) is 4.66. The summed E-state index contributed by atoms with van der Waals surface area (Å²) in [5.41, 5.74) is 0. The van der Waals surface area contributed by atoms with Gasteiger partial charge >= 0.3 is 0 Å². The first-order chi connectivity index (χ1) is 6.77. The molecule has 14 heavy (non-hydrogen) atoms. The van der Waals surface area contributed by atoms with E-state index in [1.54, 1.807) is 4.90 Å². The van der Waals surface area contributed by atoms with Gasteiger partial charge in [0.05, 0.1) is 19.4 Å². The van der Waals surface area contributed by atoms with Crippen LogP contribution in [0.5, 0.6) is 0 Å². The minimum absolute atomic E-state index is 0.0629. The number of ether oxygens (including phenoxy) is 1. The van der Waals surface area contributed by atoms with Crippen LogP contribution in [0.4, 0.5) is 10.2 Å². The third-order valence-electron chi connectivity index (χ3n) is 2.01. The van der Waals surface area contributed by atoms with E-state index in [0.717, 1.165) is 6.20 Å². The number of aromatic nitrogens is 2. The molecule has 2 heterocycles. The quantitative estimate of drug-likeness (QED) is 0.661. The van der Waals surface area contributed by atoms with Crippen molar-refractivity contribution in [3.63, 3.8) is 0 Å². The van der Waals surface area contributed by atoms with Crippen molar-refractivity contribution in [2.45, 2.75) is 0 Å². The predicted octanol–water partition coefficient (Wildman–Crippen LogP) is 1.11. The van der Waals surface area contributed by atoms with Crippen molar-refractivity contribution in [1.29, 1.82) is 0 Å². The first-order valence-electron chi connectivity index (χ1n) is 4.28. The highest BCUT2D eigenvalue weighted by Crippen LogP contribution is 2.18. The zero-order valence-corrected chi connectivity index (χ0v) is 8.17. The lowest BCUT2D eigenvalue weighted by molar-refractivity contribution is 0.122. The molecule has 2 rings (SSSR count). The second-order valence-electron chi connectivity index (χ2n) is 2.91. The van der Waals surface area contributed by atoms with Crippen molar-refractivity contribution in [2.24, 2.45) is 0 Å². The molecule has 0 N–H and O–H groups in total. The summed E-state index contributed by atoms with van der Waals surface area (Å²) in [4.78, 5) is 9.20. The zero-order valence-electron chi connectivity index (χ0n) is 7.41. The Balaban J connectivity index is 2.24. The van der Waals surface area contributed by atoms with Crippen LogP contribution in [0.3, 0.4) is 0 Å². The number of rotatable bonds is 1. The van der Waals surface area contributed by atoms with Crippen molar-refractivity contribution in [1.82, 2.24) is 9.97 Å². The van der Waals surface area contributed by atoms with Gasteiger partial charge in [0, 0.05) is 13.1 Å². The normalized spacial score (nSPS) is 17.1. The van der Waals surface area contributed by atoms with Crippen LogP contribution in [0.1, 0.15) is 0 Å². The van der Waals surface area contributed by atoms with Crippen LogP contribution >= 0.6 is 11.6 Å². The van der Waals surface area contributed by atoms with Gasteiger partial charge in [0.1, 0.15) is 0 Å². The molecule has 0 bridgehead atoms. The maximum Gasteiger partial charge on any atom is 0.224 e. The number of nitrogens with zero attached hydrogens (tertiary/aromatic N) is 3. The summed E-state index contributed by atoms with van der Waals surface area (Å²) in [6, 6.07) is 0. The molecule has 1 aliphatic heterocycles. The molecule has 0 spiro atoms. The van der Waals surface area contributed by atoms with Crippen LogP contribution < -0.4 is 4.90 Å². The van der Waals surface area contributed by atoms with Gasteiger partial charge in [-0.05, 0) is 11.6 Å². The molecule has 1 aromatic rings. The smallest absolute Gasteiger partial charge is 0.224 e. The summed E-state index contributed by atoms with van der Waals surface area (Å²) in [6.45, 7) is 2.43. The van der Waals surface area contributed by atoms with Gasteiger partial charge in [0.2, 0.25) is 5.28 Å². The van der Waals surface area contributed by atoms with Gasteiger partial charge in [-0.3, -0.25) is 0 Å². The monoisotopic (exact) mass is 217 g/mol. The first kappa shape index (κ1) is 9.61. The Kier molecular flexibility index (Phi) is 2.79. The van der Waals surface area contributed by atoms with Crippen LogP contribution in [0.15, 0.2) is 6.20 Å². The SMILES string of the molecule is Fc1cnc(Cl)nc1N1CCOCC1. The summed E-state index contributed by atoms with van der Waals surface area (Å²) in [5.74, 6) is -0.190. The minimum Gasteiger partial charge on any atom is -0.378 e. The molecule has 0 amide bonds. The number of morpholine rings is 1. The van der Waals surface area contributed by atoms with E-state index < -0.39 is 5.82 Å². The van der Waals surface area contributed by atoms with Gasteiger partial charge in [0.25, 0.3) is 0 Å². The third-order valence-corrected chi connectivity index (χ3v) is 2.19. The molecule has 0 radical (unpaired) electrons. The molecule has 0 unspecified atom stereocenters. The molecule has 4 nitrogen and oxygen atoms in total. The topological polar surface area (TPSA) is 38.2 Å². The van der Waals surface area contributed by atoms with Crippen LogP contribution in [-0.2, 0) is 4.74 Å². The predicted molar refractivity (Wildman–Crippen MR) is 50.0 cm³/mol. The fourth-order valence-electron chi connectivity index (χ4n) is 1.33. The van der Waals surface area contributed by atoms with Crippen molar-refractivity contribution in [3.8, 4) is 0 Å². The van der Waals surface area contributed by atoms with E-state index in [-0.39, 0.29) is 11.1 Å². The highest BCUT2D eigenvalue weighted by molar-refractivity contribution is 6.28. The van der Waals surface area contributed by atoms with E-state index >= 15 is 0 Å². The van der Waals surface area contributed by atoms with Crippen molar-refractivity contribution >= 4 is 17.4 Å². The molecule has 76 valence electrons. The van der Waals surface area contributed by atoms with Gasteiger partial charge in [-0.15, -0.1) is 0 Å². The summed E-state index contributed by atoms with van der Waals surface area (Å²) in [6.07, 6.45) is 1.08. The molecular weight excluding hydrogens is 209 g/mol. The van der Waals surface area contributed by atoms with Crippen molar-refractivity contribution in [2.75, 3.05) is 31.2 Å². The molecule has 1 aromatic heterocycles. The second-order valence-corrected chi connectivity index (χ2v) is 3.25. The number of hydrogen-bond acceptors (Lipinski definition) is 4. The highest BCUT2D eigenvalue weighted by Gasteiger charge is 2.17. The van der Waals surface area contributed by atoms with Crippen LogP contribution in [-0.4, -0.2) is 36.3 Å². The molecule has 0 saturated carbocycles. The number of halogens is 2. The van der Waals surface area contributed by atoms with E-state index in [1.807, 2.05) is 0 Å². The third kappa shape index (κ3) is 1.93. The average Bonchev–Trinajstić information content (AvgIpc) is 2.23. The van der Waals surface area contributed by atoms with Crippen LogP contribution in [0.2, 0.25) is 5.28 Å². The lowest BCUT2D eigenvalue weighted by atomic mass is 10.4. The lowest BCUT2D eigenvalue weighted by Gasteiger charge is -2.27. The minimum atomic E-state index is -0.448. The molecule has 1 fully saturated rings. The fourth-order valence-corrected chi connectivity index (χ4v) is 1.46. The van der Waals surface area contributed by atoms with Gasteiger partial charge in [0.15, 0.2) is 11.6 Å². The van der Waals surface area contributed by atoms with E-state index in [0.29, 0.717) is 26.3 Å². The Morgan fingerprint density at radius 3 is 2.86 bits per heavy atom. The molecule has 0 aromatic carbocycles. The Hall–Kier alpha value is -0.940. The summed E-state index contributed by atoms with van der Waals surface area (Å²) in [5, 5.41) is 0.0629. The van der Waals surface area contributed by atoms with E-state index in [1.165, 1.54) is 0 Å².